The molecule has 0 radical (unpaired) electrons. The molecule has 0 aromatic rings. The second kappa shape index (κ2) is 2.20. The van der Waals surface area contributed by atoms with Crippen molar-refractivity contribution in [3.8, 4) is 0 Å². The predicted molar refractivity (Wildman–Crippen MR) is 43.5 cm³/mol. The minimum absolute atomic E-state index is 1.02. The Bertz CT molecular complexity index is 199. The molecule has 0 saturated heterocycles. The smallest absolute Gasteiger partial charge is 0.191 e. The van der Waals surface area contributed by atoms with Gasteiger partial charge in [-0.05, 0) is 5.41 Å². The van der Waals surface area contributed by atoms with Crippen molar-refractivity contribution in [2.75, 3.05) is 20.1 Å². The van der Waals surface area contributed by atoms with E-state index in [-0.39, 0.29) is 0 Å². The van der Waals surface area contributed by atoms with Crippen LogP contribution in [0.4, 0.5) is 0 Å². The van der Waals surface area contributed by atoms with Crippen molar-refractivity contribution in [2.24, 2.45) is 5.10 Å². The molecule has 10 heavy (non-hydrogen) atoms. The molecule has 0 amide bonds. The normalized spacial score (nSPS) is 23.1. The Morgan fingerprint density at radius 2 is 2.50 bits per heavy atom. The molecule has 0 bridgehead atoms. The monoisotopic (exact) mass is 155 g/mol. The second-order valence-corrected chi connectivity index (χ2v) is 3.23. The average molecular weight is 155 g/mol. The Balaban J connectivity index is 2.21. The Morgan fingerprint density at radius 3 is 3.40 bits per heavy atom. The lowest BCUT2D eigenvalue weighted by atomic mass is 10.5. The number of hydrogen-bond donors (Lipinski definition) is 0. The van der Waals surface area contributed by atoms with Crippen LogP contribution in [0.2, 0.25) is 0 Å². The van der Waals surface area contributed by atoms with Gasteiger partial charge in [-0.25, -0.2) is 0 Å². The standard InChI is InChI=1S/C6H9N3S/c1-8-2-3-9-4-5-10-6(9)7-8/h4-5H,2-3H2,1H3. The third-order valence-corrected chi connectivity index (χ3v) is 2.37. The van der Waals surface area contributed by atoms with Crippen molar-refractivity contribution in [1.82, 2.24) is 9.91 Å². The molecule has 0 aliphatic carbocycles. The molecule has 2 aliphatic heterocycles. The molecule has 0 aromatic heterocycles. The van der Waals surface area contributed by atoms with Gasteiger partial charge in [0.1, 0.15) is 0 Å². The number of thioether (sulfide) groups is 1. The molecular weight excluding hydrogens is 146 g/mol. The first-order valence-corrected chi connectivity index (χ1v) is 4.14. The van der Waals surface area contributed by atoms with Crippen molar-refractivity contribution in [2.45, 2.75) is 0 Å². The van der Waals surface area contributed by atoms with Gasteiger partial charge >= 0.3 is 0 Å². The number of nitrogens with zero attached hydrogens (tertiary/aromatic N) is 3. The van der Waals surface area contributed by atoms with Crippen LogP contribution in [0.15, 0.2) is 16.7 Å². The fourth-order valence-corrected chi connectivity index (χ4v) is 1.80. The van der Waals surface area contributed by atoms with Gasteiger partial charge in [0.25, 0.3) is 0 Å². The molecule has 2 heterocycles. The van der Waals surface area contributed by atoms with Crippen LogP contribution in [0.1, 0.15) is 0 Å². The zero-order valence-corrected chi connectivity index (χ0v) is 6.64. The van der Waals surface area contributed by atoms with Gasteiger partial charge in [0.05, 0.1) is 6.54 Å². The van der Waals surface area contributed by atoms with Crippen LogP contribution in [-0.4, -0.2) is 35.2 Å². The first-order valence-electron chi connectivity index (χ1n) is 3.26. The zero-order valence-electron chi connectivity index (χ0n) is 5.82. The van der Waals surface area contributed by atoms with Crippen molar-refractivity contribution in [1.29, 1.82) is 0 Å². The van der Waals surface area contributed by atoms with E-state index in [9.17, 15) is 0 Å². The van der Waals surface area contributed by atoms with Crippen molar-refractivity contribution in [3.05, 3.63) is 11.6 Å². The van der Waals surface area contributed by atoms with Gasteiger partial charge in [0, 0.05) is 19.8 Å². The molecule has 0 atom stereocenters. The molecule has 4 heteroatoms. The third-order valence-electron chi connectivity index (χ3n) is 1.58. The van der Waals surface area contributed by atoms with Crippen LogP contribution in [0.25, 0.3) is 0 Å². The Labute approximate surface area is 64.4 Å². The van der Waals surface area contributed by atoms with E-state index in [0.717, 1.165) is 18.3 Å². The minimum Gasteiger partial charge on any atom is -0.324 e. The fraction of sp³-hybridized carbons (Fsp3) is 0.500. The average Bonchev–Trinajstić information content (AvgIpc) is 2.33. The summed E-state index contributed by atoms with van der Waals surface area (Å²) >= 11 is 1.68. The fourth-order valence-electron chi connectivity index (χ4n) is 0.996. The van der Waals surface area contributed by atoms with Crippen molar-refractivity contribution < 1.29 is 0 Å². The Kier molecular flexibility index (Phi) is 1.34. The van der Waals surface area contributed by atoms with Gasteiger partial charge in [-0.1, -0.05) is 11.8 Å². The van der Waals surface area contributed by atoms with Crippen molar-refractivity contribution >= 4 is 16.9 Å². The first-order chi connectivity index (χ1) is 4.86. The van der Waals surface area contributed by atoms with E-state index < -0.39 is 0 Å². The summed E-state index contributed by atoms with van der Waals surface area (Å²) in [4.78, 5) is 2.17. The number of hydrazone groups is 1. The molecule has 3 nitrogen and oxygen atoms in total. The van der Waals surface area contributed by atoms with E-state index >= 15 is 0 Å². The highest BCUT2D eigenvalue weighted by Crippen LogP contribution is 2.21. The van der Waals surface area contributed by atoms with E-state index in [0.29, 0.717) is 0 Å². The van der Waals surface area contributed by atoms with Crippen molar-refractivity contribution in [3.63, 3.8) is 0 Å². The van der Waals surface area contributed by atoms with Crippen LogP contribution >= 0.6 is 11.8 Å². The molecule has 0 aromatic carbocycles. The summed E-state index contributed by atoms with van der Waals surface area (Å²) in [6, 6.07) is 0. The molecule has 0 spiro atoms. The third kappa shape index (κ3) is 0.883. The highest BCUT2D eigenvalue weighted by molar-refractivity contribution is 8.16. The summed E-state index contributed by atoms with van der Waals surface area (Å²) in [5, 5.41) is 9.47. The van der Waals surface area contributed by atoms with E-state index in [1.54, 1.807) is 11.8 Å². The number of rotatable bonds is 0. The topological polar surface area (TPSA) is 18.8 Å². The Morgan fingerprint density at radius 1 is 1.60 bits per heavy atom. The highest BCUT2D eigenvalue weighted by Gasteiger charge is 2.18. The second-order valence-electron chi connectivity index (χ2n) is 2.36. The lowest BCUT2D eigenvalue weighted by molar-refractivity contribution is 0.299. The summed E-state index contributed by atoms with van der Waals surface area (Å²) in [5.41, 5.74) is 0. The molecule has 0 N–H and O–H groups in total. The van der Waals surface area contributed by atoms with Gasteiger partial charge in [-0.3, -0.25) is 5.01 Å². The van der Waals surface area contributed by atoms with Crippen LogP contribution in [0.3, 0.4) is 0 Å². The minimum atomic E-state index is 1.02. The van der Waals surface area contributed by atoms with Gasteiger partial charge in [0.15, 0.2) is 5.17 Å². The molecule has 0 saturated carbocycles. The quantitative estimate of drug-likeness (QED) is 0.514. The van der Waals surface area contributed by atoms with E-state index in [1.165, 1.54) is 0 Å². The summed E-state index contributed by atoms with van der Waals surface area (Å²) < 4.78 is 0. The highest BCUT2D eigenvalue weighted by atomic mass is 32.2. The number of hydrogen-bond acceptors (Lipinski definition) is 4. The maximum Gasteiger partial charge on any atom is 0.191 e. The number of fused-ring (bicyclic) bond motifs is 1. The largest absolute Gasteiger partial charge is 0.324 e. The Hall–Kier alpha value is -0.640. The summed E-state index contributed by atoms with van der Waals surface area (Å²) in [6.45, 7) is 2.09. The van der Waals surface area contributed by atoms with Gasteiger partial charge in [0.2, 0.25) is 0 Å². The lowest BCUT2D eigenvalue weighted by Gasteiger charge is -2.26. The van der Waals surface area contributed by atoms with Gasteiger partial charge in [-0.2, -0.15) is 5.10 Å². The molecule has 2 rings (SSSR count). The van der Waals surface area contributed by atoms with Crippen LogP contribution < -0.4 is 0 Å². The molecule has 54 valence electrons. The van der Waals surface area contributed by atoms with E-state index in [4.69, 9.17) is 0 Å². The molecule has 2 aliphatic rings. The number of amidine groups is 1. The van der Waals surface area contributed by atoms with Crippen LogP contribution in [0, 0.1) is 0 Å². The van der Waals surface area contributed by atoms with E-state index in [1.807, 2.05) is 12.1 Å². The lowest BCUT2D eigenvalue weighted by Crippen LogP contribution is -2.35. The van der Waals surface area contributed by atoms with E-state index in [2.05, 4.69) is 21.6 Å². The molecule has 0 unspecified atom stereocenters. The molecular formula is C6H9N3S. The first kappa shape index (κ1) is 6.09. The maximum absolute atomic E-state index is 4.32. The van der Waals surface area contributed by atoms with Crippen LogP contribution in [-0.2, 0) is 0 Å². The summed E-state index contributed by atoms with van der Waals surface area (Å²) in [6.07, 6.45) is 2.08. The van der Waals surface area contributed by atoms with Gasteiger partial charge in [-0.15, -0.1) is 0 Å². The molecule has 0 fully saturated rings. The maximum atomic E-state index is 4.32. The SMILES string of the molecule is CN1CCN2C=CSC2=N1. The van der Waals surface area contributed by atoms with Crippen LogP contribution in [0.5, 0.6) is 0 Å². The van der Waals surface area contributed by atoms with Gasteiger partial charge < -0.3 is 4.90 Å². The zero-order chi connectivity index (χ0) is 6.97. The summed E-state index contributed by atoms with van der Waals surface area (Å²) in [7, 11) is 2.00. The predicted octanol–water partition coefficient (Wildman–Crippen LogP) is 0.723. The summed E-state index contributed by atoms with van der Waals surface area (Å²) in [5.74, 6) is 0. The number of likely N-dealkylation sites (N-methyl/N-ethyl adjacent to an activating group) is 1.